The van der Waals surface area contributed by atoms with Gasteiger partial charge < -0.3 is 10.5 Å². The highest BCUT2D eigenvalue weighted by Crippen LogP contribution is 2.36. The standard InChI is InChI=1S/C11H13NO2/c1-7-6-14-9-5-3-2-4-8(9)10(7)11(12)13/h2-5,7,10H,6H2,1H3,(H2,12,13). The van der Waals surface area contributed by atoms with Gasteiger partial charge in [0.05, 0.1) is 12.5 Å². The summed E-state index contributed by atoms with van der Waals surface area (Å²) in [5.41, 5.74) is 6.29. The predicted octanol–water partition coefficient (Wildman–Crippen LogP) is 1.28. The van der Waals surface area contributed by atoms with Gasteiger partial charge in [-0.1, -0.05) is 25.1 Å². The molecular weight excluding hydrogens is 178 g/mol. The summed E-state index contributed by atoms with van der Waals surface area (Å²) in [5.74, 6) is 0.463. The molecule has 1 aliphatic heterocycles. The quantitative estimate of drug-likeness (QED) is 0.727. The molecule has 0 aromatic heterocycles. The van der Waals surface area contributed by atoms with E-state index in [9.17, 15) is 4.79 Å². The van der Waals surface area contributed by atoms with E-state index in [0.29, 0.717) is 6.61 Å². The molecule has 0 bridgehead atoms. The van der Waals surface area contributed by atoms with Gasteiger partial charge in [-0.15, -0.1) is 0 Å². The van der Waals surface area contributed by atoms with Gasteiger partial charge in [-0.25, -0.2) is 0 Å². The summed E-state index contributed by atoms with van der Waals surface area (Å²) in [4.78, 5) is 11.3. The van der Waals surface area contributed by atoms with Gasteiger partial charge in [0.15, 0.2) is 0 Å². The molecule has 0 fully saturated rings. The lowest BCUT2D eigenvalue weighted by atomic mass is 9.85. The van der Waals surface area contributed by atoms with Gasteiger partial charge in [0.2, 0.25) is 5.91 Å². The van der Waals surface area contributed by atoms with E-state index < -0.39 is 0 Å². The molecule has 0 radical (unpaired) electrons. The lowest BCUT2D eigenvalue weighted by molar-refractivity contribution is -0.121. The molecule has 0 saturated carbocycles. The highest BCUT2D eigenvalue weighted by molar-refractivity contribution is 5.83. The maximum atomic E-state index is 11.3. The smallest absolute Gasteiger partial charge is 0.225 e. The van der Waals surface area contributed by atoms with Crippen molar-refractivity contribution in [1.29, 1.82) is 0 Å². The fraction of sp³-hybridized carbons (Fsp3) is 0.364. The minimum Gasteiger partial charge on any atom is -0.493 e. The van der Waals surface area contributed by atoms with Crippen LogP contribution in [0.15, 0.2) is 24.3 Å². The number of benzene rings is 1. The number of ether oxygens (including phenoxy) is 1. The monoisotopic (exact) mass is 191 g/mol. The molecule has 74 valence electrons. The van der Waals surface area contributed by atoms with Gasteiger partial charge in [0, 0.05) is 11.5 Å². The first kappa shape index (κ1) is 9.06. The van der Waals surface area contributed by atoms with Crippen LogP contribution in [0.5, 0.6) is 5.75 Å². The highest BCUT2D eigenvalue weighted by atomic mass is 16.5. The predicted molar refractivity (Wildman–Crippen MR) is 53.0 cm³/mol. The number of amides is 1. The van der Waals surface area contributed by atoms with Crippen molar-refractivity contribution >= 4 is 5.91 Å². The molecule has 3 heteroatoms. The molecule has 1 amide bonds. The molecular formula is C11H13NO2. The van der Waals surface area contributed by atoms with Gasteiger partial charge >= 0.3 is 0 Å². The minimum absolute atomic E-state index is 0.155. The first-order valence-corrected chi connectivity index (χ1v) is 4.71. The van der Waals surface area contributed by atoms with Crippen LogP contribution in [0.4, 0.5) is 0 Å². The molecule has 2 atom stereocenters. The lowest BCUT2D eigenvalue weighted by Crippen LogP contribution is -2.33. The Morgan fingerprint density at radius 3 is 2.93 bits per heavy atom. The molecule has 3 nitrogen and oxygen atoms in total. The van der Waals surface area contributed by atoms with E-state index >= 15 is 0 Å². The Morgan fingerprint density at radius 1 is 1.50 bits per heavy atom. The molecule has 2 N–H and O–H groups in total. The van der Waals surface area contributed by atoms with Crippen LogP contribution in [0.1, 0.15) is 18.4 Å². The molecule has 2 unspecified atom stereocenters. The van der Waals surface area contributed by atoms with E-state index in [1.54, 1.807) is 0 Å². The Morgan fingerprint density at radius 2 is 2.21 bits per heavy atom. The average Bonchev–Trinajstić information content (AvgIpc) is 2.17. The van der Waals surface area contributed by atoms with Crippen LogP contribution in [0.2, 0.25) is 0 Å². The molecule has 0 saturated heterocycles. The second-order valence-electron chi connectivity index (χ2n) is 3.71. The molecule has 14 heavy (non-hydrogen) atoms. The van der Waals surface area contributed by atoms with Crippen molar-refractivity contribution < 1.29 is 9.53 Å². The Labute approximate surface area is 82.9 Å². The topological polar surface area (TPSA) is 52.3 Å². The van der Waals surface area contributed by atoms with Crippen molar-refractivity contribution in [3.05, 3.63) is 29.8 Å². The highest BCUT2D eigenvalue weighted by Gasteiger charge is 2.31. The number of primary amides is 1. The van der Waals surface area contributed by atoms with Crippen LogP contribution in [-0.2, 0) is 4.79 Å². The van der Waals surface area contributed by atoms with E-state index in [1.807, 2.05) is 31.2 Å². The summed E-state index contributed by atoms with van der Waals surface area (Å²) >= 11 is 0. The third-order valence-corrected chi connectivity index (χ3v) is 2.63. The van der Waals surface area contributed by atoms with E-state index in [0.717, 1.165) is 11.3 Å². The van der Waals surface area contributed by atoms with E-state index in [1.165, 1.54) is 0 Å². The van der Waals surface area contributed by atoms with Gasteiger partial charge in [-0.3, -0.25) is 4.79 Å². The Balaban J connectivity index is 2.46. The average molecular weight is 191 g/mol. The summed E-state index contributed by atoms with van der Waals surface area (Å²) in [6, 6.07) is 7.57. The SMILES string of the molecule is CC1COc2ccccc2C1C(N)=O. The van der Waals surface area contributed by atoms with Crippen molar-refractivity contribution in [3.8, 4) is 5.75 Å². The van der Waals surface area contributed by atoms with Crippen molar-refractivity contribution in [2.75, 3.05) is 6.61 Å². The number of nitrogens with two attached hydrogens (primary N) is 1. The zero-order valence-electron chi connectivity index (χ0n) is 8.07. The van der Waals surface area contributed by atoms with Crippen LogP contribution >= 0.6 is 0 Å². The number of hydrogen-bond acceptors (Lipinski definition) is 2. The maximum absolute atomic E-state index is 11.3. The zero-order valence-corrected chi connectivity index (χ0v) is 8.07. The molecule has 1 aliphatic rings. The molecule has 0 spiro atoms. The van der Waals surface area contributed by atoms with Crippen LogP contribution in [0, 0.1) is 5.92 Å². The number of carbonyl (C=O) groups is 1. The van der Waals surface area contributed by atoms with E-state index in [2.05, 4.69) is 0 Å². The number of para-hydroxylation sites is 1. The van der Waals surface area contributed by atoms with Crippen LogP contribution < -0.4 is 10.5 Å². The third kappa shape index (κ3) is 1.35. The molecule has 2 rings (SSSR count). The summed E-state index contributed by atoms with van der Waals surface area (Å²) in [5, 5.41) is 0. The van der Waals surface area contributed by atoms with Gasteiger partial charge in [-0.2, -0.15) is 0 Å². The van der Waals surface area contributed by atoms with Crippen molar-refractivity contribution in [2.45, 2.75) is 12.8 Å². The summed E-state index contributed by atoms with van der Waals surface area (Å²) in [7, 11) is 0. The summed E-state index contributed by atoms with van der Waals surface area (Å²) in [6.07, 6.45) is 0. The zero-order chi connectivity index (χ0) is 10.1. The first-order valence-electron chi connectivity index (χ1n) is 4.71. The molecule has 1 heterocycles. The van der Waals surface area contributed by atoms with E-state index in [-0.39, 0.29) is 17.7 Å². The maximum Gasteiger partial charge on any atom is 0.225 e. The van der Waals surface area contributed by atoms with Gasteiger partial charge in [-0.05, 0) is 6.07 Å². The number of fused-ring (bicyclic) bond motifs is 1. The number of rotatable bonds is 1. The van der Waals surface area contributed by atoms with Crippen LogP contribution in [-0.4, -0.2) is 12.5 Å². The second kappa shape index (κ2) is 3.33. The first-order chi connectivity index (χ1) is 6.70. The molecule has 1 aromatic carbocycles. The number of hydrogen-bond donors (Lipinski definition) is 1. The van der Waals surface area contributed by atoms with Gasteiger partial charge in [0.25, 0.3) is 0 Å². The summed E-state index contributed by atoms with van der Waals surface area (Å²) < 4.78 is 5.51. The van der Waals surface area contributed by atoms with E-state index in [4.69, 9.17) is 10.5 Å². The molecule has 0 aliphatic carbocycles. The Kier molecular flexibility index (Phi) is 2.15. The Bertz CT molecular complexity index is 362. The van der Waals surface area contributed by atoms with Crippen molar-refractivity contribution in [2.24, 2.45) is 11.7 Å². The normalized spacial score (nSPS) is 24.9. The third-order valence-electron chi connectivity index (χ3n) is 2.63. The largest absolute Gasteiger partial charge is 0.493 e. The van der Waals surface area contributed by atoms with Crippen molar-refractivity contribution in [3.63, 3.8) is 0 Å². The minimum atomic E-state index is -0.270. The van der Waals surface area contributed by atoms with Gasteiger partial charge in [0.1, 0.15) is 5.75 Å². The second-order valence-corrected chi connectivity index (χ2v) is 3.71. The lowest BCUT2D eigenvalue weighted by Gasteiger charge is -2.29. The molecule has 1 aromatic rings. The van der Waals surface area contributed by atoms with Crippen LogP contribution in [0.25, 0.3) is 0 Å². The summed E-state index contributed by atoms with van der Waals surface area (Å²) in [6.45, 7) is 2.54. The number of carbonyl (C=O) groups excluding carboxylic acids is 1. The van der Waals surface area contributed by atoms with Crippen LogP contribution in [0.3, 0.4) is 0 Å². The fourth-order valence-corrected chi connectivity index (χ4v) is 1.93. The fourth-order valence-electron chi connectivity index (χ4n) is 1.93. The Hall–Kier alpha value is -1.51. The van der Waals surface area contributed by atoms with Crippen molar-refractivity contribution in [1.82, 2.24) is 0 Å².